The van der Waals surface area contributed by atoms with Crippen LogP contribution in [0.4, 0.5) is 4.79 Å². The predicted octanol–water partition coefficient (Wildman–Crippen LogP) is 3.92. The highest BCUT2D eigenvalue weighted by Gasteiger charge is 2.50. The zero-order valence-electron chi connectivity index (χ0n) is 19.5. The first-order valence-corrected chi connectivity index (χ1v) is 12.6. The van der Waals surface area contributed by atoms with Crippen LogP contribution >= 0.6 is 0 Å². The van der Waals surface area contributed by atoms with Gasteiger partial charge in [-0.05, 0) is 66.2 Å². The van der Waals surface area contributed by atoms with Crippen molar-refractivity contribution >= 4 is 18.0 Å². The molecule has 0 aliphatic heterocycles. The molecule has 4 aliphatic rings. The average molecular weight is 475 g/mol. The third-order valence-electron chi connectivity index (χ3n) is 8.67. The number of carbonyl (C=O) groups excluding carboxylic acids is 2. The molecule has 2 amide bonds. The summed E-state index contributed by atoms with van der Waals surface area (Å²) in [6.07, 6.45) is 3.13. The Bertz CT molecular complexity index is 1130. The third-order valence-corrected chi connectivity index (χ3v) is 8.67. The molecule has 1 unspecified atom stereocenters. The number of hydrogen-bond acceptors (Lipinski definition) is 4. The number of rotatable bonds is 6. The Morgan fingerprint density at radius 2 is 1.49 bits per heavy atom. The number of alkyl carbamates (subject to hydrolysis) is 1. The molecule has 0 saturated heterocycles. The summed E-state index contributed by atoms with van der Waals surface area (Å²) in [6.45, 7) is 0.296. The minimum atomic E-state index is -0.781. The molecule has 0 aromatic heterocycles. The Labute approximate surface area is 204 Å². The lowest BCUT2D eigenvalue weighted by Crippen LogP contribution is -2.50. The maximum absolute atomic E-state index is 12.7. The van der Waals surface area contributed by atoms with Crippen molar-refractivity contribution in [2.45, 2.75) is 50.1 Å². The molecule has 3 saturated carbocycles. The number of fused-ring (bicyclic) bond motifs is 4. The summed E-state index contributed by atoms with van der Waals surface area (Å²) in [6, 6.07) is 16.6. The summed E-state index contributed by atoms with van der Waals surface area (Å²) in [7, 11) is 0. The summed E-state index contributed by atoms with van der Waals surface area (Å²) in [4.78, 5) is 36.3. The van der Waals surface area contributed by atoms with Crippen LogP contribution in [0, 0.1) is 23.7 Å². The average Bonchev–Trinajstić information content (AvgIpc) is 3.33. The molecule has 35 heavy (non-hydrogen) atoms. The van der Waals surface area contributed by atoms with E-state index in [-0.39, 0.29) is 35.7 Å². The van der Waals surface area contributed by atoms with Crippen molar-refractivity contribution in [3.05, 3.63) is 59.7 Å². The fourth-order valence-electron chi connectivity index (χ4n) is 6.65. The van der Waals surface area contributed by atoms with E-state index in [0.29, 0.717) is 31.3 Å². The number of hydrogen-bond donors (Lipinski definition) is 3. The molecule has 0 spiro atoms. The van der Waals surface area contributed by atoms with Gasteiger partial charge in [0.25, 0.3) is 0 Å². The van der Waals surface area contributed by atoms with Gasteiger partial charge in [0.15, 0.2) is 0 Å². The van der Waals surface area contributed by atoms with Gasteiger partial charge in [0.1, 0.15) is 6.61 Å². The number of nitrogens with one attached hydrogen (secondary N) is 2. The minimum absolute atomic E-state index is 0.0170. The van der Waals surface area contributed by atoms with E-state index in [2.05, 4.69) is 34.9 Å². The van der Waals surface area contributed by atoms with Crippen molar-refractivity contribution in [2.24, 2.45) is 23.7 Å². The molecular formula is C28H30N2O5. The smallest absolute Gasteiger partial charge is 0.407 e. The molecule has 6 rings (SSSR count). The molecule has 4 aliphatic carbocycles. The zero-order valence-corrected chi connectivity index (χ0v) is 19.5. The molecule has 3 N–H and O–H groups in total. The largest absolute Gasteiger partial charge is 0.481 e. The van der Waals surface area contributed by atoms with Gasteiger partial charge in [-0.1, -0.05) is 48.5 Å². The Morgan fingerprint density at radius 1 is 0.829 bits per heavy atom. The van der Waals surface area contributed by atoms with E-state index in [1.54, 1.807) is 0 Å². The van der Waals surface area contributed by atoms with Gasteiger partial charge in [0.2, 0.25) is 5.91 Å². The van der Waals surface area contributed by atoms with Crippen LogP contribution in [0.2, 0.25) is 0 Å². The van der Waals surface area contributed by atoms with Gasteiger partial charge in [0.05, 0.1) is 5.92 Å². The topological polar surface area (TPSA) is 105 Å². The number of carboxylic acid groups (broad SMARTS) is 1. The monoisotopic (exact) mass is 474 g/mol. The lowest BCUT2D eigenvalue weighted by molar-refractivity contribution is -0.146. The summed E-state index contributed by atoms with van der Waals surface area (Å²) >= 11 is 0. The van der Waals surface area contributed by atoms with Crippen molar-refractivity contribution in [1.82, 2.24) is 10.6 Å². The van der Waals surface area contributed by atoms with E-state index in [9.17, 15) is 14.4 Å². The fraction of sp³-hybridized carbons (Fsp3) is 0.464. The third kappa shape index (κ3) is 3.97. The summed E-state index contributed by atoms with van der Waals surface area (Å²) in [5.74, 6) is -0.329. The maximum atomic E-state index is 12.7. The second kappa shape index (κ2) is 8.70. The van der Waals surface area contributed by atoms with Crippen molar-refractivity contribution in [3.63, 3.8) is 0 Å². The number of carboxylic acids is 1. The van der Waals surface area contributed by atoms with Gasteiger partial charge in [-0.15, -0.1) is 0 Å². The molecule has 0 heterocycles. The molecule has 0 radical (unpaired) electrons. The highest BCUT2D eigenvalue weighted by molar-refractivity contribution is 5.81. The lowest BCUT2D eigenvalue weighted by atomic mass is 9.71. The number of carbonyl (C=O) groups is 3. The summed E-state index contributed by atoms with van der Waals surface area (Å²) in [5.41, 5.74) is 4.79. The molecule has 7 heteroatoms. The molecular weight excluding hydrogens is 444 g/mol. The van der Waals surface area contributed by atoms with Crippen molar-refractivity contribution in [3.8, 4) is 11.1 Å². The molecule has 4 atom stereocenters. The normalized spacial score (nSPS) is 30.2. The molecule has 182 valence electrons. The first kappa shape index (κ1) is 22.1. The van der Waals surface area contributed by atoms with Crippen molar-refractivity contribution < 1.29 is 24.2 Å². The molecule has 3 fully saturated rings. The zero-order chi connectivity index (χ0) is 24.1. The van der Waals surface area contributed by atoms with Crippen LogP contribution in [-0.2, 0) is 14.3 Å². The van der Waals surface area contributed by atoms with Crippen molar-refractivity contribution in [2.75, 3.05) is 6.61 Å². The quantitative estimate of drug-likeness (QED) is 0.589. The fourth-order valence-corrected chi connectivity index (χ4v) is 6.65. The van der Waals surface area contributed by atoms with Gasteiger partial charge in [-0.25, -0.2) is 4.79 Å². The Morgan fingerprint density at radius 3 is 2.14 bits per heavy atom. The van der Waals surface area contributed by atoms with Crippen molar-refractivity contribution in [1.29, 1.82) is 0 Å². The molecule has 2 aromatic carbocycles. The van der Waals surface area contributed by atoms with Gasteiger partial charge < -0.3 is 20.5 Å². The number of ether oxygens (including phenoxy) is 1. The molecule has 2 aromatic rings. The summed E-state index contributed by atoms with van der Waals surface area (Å²) in [5, 5.41) is 15.1. The van der Waals surface area contributed by atoms with Gasteiger partial charge in [0, 0.05) is 23.9 Å². The first-order valence-electron chi connectivity index (χ1n) is 12.6. The molecule has 0 bridgehead atoms. The second-order valence-corrected chi connectivity index (χ2v) is 10.6. The van der Waals surface area contributed by atoms with Crippen LogP contribution in [0.25, 0.3) is 11.1 Å². The highest BCUT2D eigenvalue weighted by atomic mass is 16.5. The highest BCUT2D eigenvalue weighted by Crippen LogP contribution is 2.50. The van der Waals surface area contributed by atoms with Gasteiger partial charge in [-0.3, -0.25) is 9.59 Å². The van der Waals surface area contributed by atoms with Crippen LogP contribution in [0.15, 0.2) is 48.5 Å². The van der Waals surface area contributed by atoms with Crippen LogP contribution in [-0.4, -0.2) is 41.8 Å². The van der Waals surface area contributed by atoms with E-state index in [1.807, 2.05) is 24.3 Å². The minimum Gasteiger partial charge on any atom is -0.481 e. The van der Waals surface area contributed by atoms with E-state index in [4.69, 9.17) is 9.84 Å². The Kier molecular flexibility index (Phi) is 5.50. The standard InChI is InChI=1S/C28H30N2O5/c31-26(29-18-10-17(11-18)27(32)33)16-9-15-13-25(23(15)12-16)30-28(34)35-14-24-21-7-3-1-5-19(21)20-6-2-4-8-22(20)24/h1-8,15-18,23-25H,9-14H2,(H,29,31)(H,30,34)(H,32,33)/t15-,16?,17?,18?,23-,25+/m1/s1. The van der Waals surface area contributed by atoms with E-state index in [1.165, 1.54) is 22.3 Å². The number of benzene rings is 2. The Balaban J connectivity index is 0.992. The first-order chi connectivity index (χ1) is 17.0. The molecule has 7 nitrogen and oxygen atoms in total. The van der Waals surface area contributed by atoms with Gasteiger partial charge in [-0.2, -0.15) is 0 Å². The van der Waals surface area contributed by atoms with E-state index >= 15 is 0 Å². The van der Waals surface area contributed by atoms with E-state index < -0.39 is 12.1 Å². The maximum Gasteiger partial charge on any atom is 0.407 e. The van der Waals surface area contributed by atoms with Crippen LogP contribution in [0.3, 0.4) is 0 Å². The predicted molar refractivity (Wildman–Crippen MR) is 129 cm³/mol. The van der Waals surface area contributed by atoms with Crippen LogP contribution in [0.5, 0.6) is 0 Å². The lowest BCUT2D eigenvalue weighted by Gasteiger charge is -2.40. The Hall–Kier alpha value is -3.35. The SMILES string of the molecule is O=C(N[C@H]1C[C@H]2CC(C(=O)NC3CC(C(=O)O)C3)C[C@H]21)OCC1c2ccccc2-c2ccccc21. The number of aliphatic carboxylic acids is 1. The van der Waals surface area contributed by atoms with Crippen LogP contribution < -0.4 is 10.6 Å². The van der Waals surface area contributed by atoms with Crippen LogP contribution in [0.1, 0.15) is 49.1 Å². The number of amides is 2. The second-order valence-electron chi connectivity index (χ2n) is 10.6. The summed E-state index contributed by atoms with van der Waals surface area (Å²) < 4.78 is 5.70. The van der Waals surface area contributed by atoms with Gasteiger partial charge >= 0.3 is 12.1 Å². The van der Waals surface area contributed by atoms with E-state index in [0.717, 1.165) is 19.3 Å².